The number of carbonyl (C=O) groups is 2. The highest BCUT2D eigenvalue weighted by molar-refractivity contribution is 7.90. The SMILES string of the molecule is CCc1ccc(S(=O)(=O)/N=C2/C=C(Nc3ccc(C(=O)OC)cc3)C(=O)c3ccccc32)cc1. The van der Waals surface area contributed by atoms with Gasteiger partial charge in [-0.1, -0.05) is 43.3 Å². The lowest BCUT2D eigenvalue weighted by Gasteiger charge is -2.19. The van der Waals surface area contributed by atoms with Crippen LogP contribution < -0.4 is 5.32 Å². The molecule has 0 atom stereocenters. The Bertz CT molecular complexity index is 1420. The summed E-state index contributed by atoms with van der Waals surface area (Å²) in [6.07, 6.45) is 2.22. The van der Waals surface area contributed by atoms with Crippen LogP contribution in [0.3, 0.4) is 0 Å². The summed E-state index contributed by atoms with van der Waals surface area (Å²) in [6, 6.07) is 19.7. The van der Waals surface area contributed by atoms with Crippen molar-refractivity contribution in [2.45, 2.75) is 18.2 Å². The second-order valence-electron chi connectivity index (χ2n) is 7.58. The highest BCUT2D eigenvalue weighted by Crippen LogP contribution is 2.25. The van der Waals surface area contributed by atoms with Gasteiger partial charge in [-0.3, -0.25) is 4.79 Å². The lowest BCUT2D eigenvalue weighted by molar-refractivity contribution is 0.0600. The molecule has 0 heterocycles. The molecule has 1 aliphatic carbocycles. The Morgan fingerprint density at radius 2 is 1.59 bits per heavy atom. The quantitative estimate of drug-likeness (QED) is 0.531. The molecule has 0 saturated carbocycles. The molecular weight excluding hydrogens is 452 g/mol. The zero-order chi connectivity index (χ0) is 24.3. The van der Waals surface area contributed by atoms with Gasteiger partial charge in [-0.15, -0.1) is 0 Å². The van der Waals surface area contributed by atoms with Crippen molar-refractivity contribution in [3.8, 4) is 0 Å². The number of ketones is 1. The number of anilines is 1. The molecule has 0 spiro atoms. The van der Waals surface area contributed by atoms with Crippen LogP contribution in [0.2, 0.25) is 0 Å². The number of aryl methyl sites for hydroxylation is 1. The first kappa shape index (κ1) is 23.1. The summed E-state index contributed by atoms with van der Waals surface area (Å²) in [6.45, 7) is 1.99. The molecule has 4 rings (SSSR count). The van der Waals surface area contributed by atoms with E-state index in [1.165, 1.54) is 25.3 Å². The first-order chi connectivity index (χ1) is 16.3. The van der Waals surface area contributed by atoms with E-state index in [0.29, 0.717) is 22.4 Å². The van der Waals surface area contributed by atoms with Gasteiger partial charge in [0, 0.05) is 16.8 Å². The first-order valence-corrected chi connectivity index (χ1v) is 12.0. The van der Waals surface area contributed by atoms with Crippen molar-refractivity contribution in [1.82, 2.24) is 0 Å². The Kier molecular flexibility index (Phi) is 6.43. The highest BCUT2D eigenvalue weighted by Gasteiger charge is 2.26. The number of rotatable bonds is 6. The topological polar surface area (TPSA) is 102 Å². The van der Waals surface area contributed by atoms with Gasteiger partial charge in [0.15, 0.2) is 0 Å². The van der Waals surface area contributed by atoms with Gasteiger partial charge < -0.3 is 10.1 Å². The Morgan fingerprint density at radius 3 is 2.21 bits per heavy atom. The average Bonchev–Trinajstić information content (AvgIpc) is 2.86. The normalized spacial score (nSPS) is 14.4. The van der Waals surface area contributed by atoms with Crippen molar-refractivity contribution in [2.24, 2.45) is 4.40 Å². The summed E-state index contributed by atoms with van der Waals surface area (Å²) in [7, 11) is -2.71. The molecule has 3 aromatic rings. The Balaban J connectivity index is 1.73. The minimum absolute atomic E-state index is 0.0767. The number of esters is 1. The fourth-order valence-corrected chi connectivity index (χ4v) is 4.54. The number of hydrogen-bond donors (Lipinski definition) is 1. The Hall–Kier alpha value is -4.04. The van der Waals surface area contributed by atoms with Crippen LogP contribution >= 0.6 is 0 Å². The van der Waals surface area contributed by atoms with Crippen LogP contribution in [0, 0.1) is 0 Å². The molecule has 1 aliphatic rings. The number of methoxy groups -OCH3 is 1. The maximum Gasteiger partial charge on any atom is 0.337 e. The molecule has 34 heavy (non-hydrogen) atoms. The van der Waals surface area contributed by atoms with Crippen LogP contribution in [-0.2, 0) is 21.2 Å². The number of carbonyl (C=O) groups excluding carboxylic acids is 2. The maximum atomic E-state index is 13.1. The minimum atomic E-state index is -4.01. The smallest absolute Gasteiger partial charge is 0.337 e. The maximum absolute atomic E-state index is 13.1. The van der Waals surface area contributed by atoms with Gasteiger partial charge in [-0.25, -0.2) is 4.79 Å². The summed E-state index contributed by atoms with van der Waals surface area (Å²) in [5.41, 5.74) is 3.03. The molecule has 1 N–H and O–H groups in total. The number of nitrogens with zero attached hydrogens (tertiary/aromatic N) is 1. The molecule has 0 aromatic heterocycles. The van der Waals surface area contributed by atoms with Crippen LogP contribution in [-0.4, -0.2) is 33.0 Å². The number of ether oxygens (including phenoxy) is 1. The third kappa shape index (κ3) is 4.67. The molecule has 0 aliphatic heterocycles. The van der Waals surface area contributed by atoms with E-state index in [9.17, 15) is 18.0 Å². The van der Waals surface area contributed by atoms with Gasteiger partial charge in [0.05, 0.1) is 29.0 Å². The highest BCUT2D eigenvalue weighted by atomic mass is 32.2. The number of sulfonamides is 1. The van der Waals surface area contributed by atoms with Gasteiger partial charge in [0.1, 0.15) is 0 Å². The largest absolute Gasteiger partial charge is 0.465 e. The van der Waals surface area contributed by atoms with Gasteiger partial charge in [0.25, 0.3) is 10.0 Å². The standard InChI is InChI=1S/C26H22N2O5S/c1-3-17-8-14-20(15-9-17)34(31,32)28-23-16-24(25(29)22-7-5-4-6-21(22)23)27-19-12-10-18(11-13-19)26(30)33-2/h4-16,27H,3H2,1-2H3/b28-23-. The van der Waals surface area contributed by atoms with Crippen LogP contribution in [0.25, 0.3) is 0 Å². The zero-order valence-corrected chi connectivity index (χ0v) is 19.4. The molecule has 172 valence electrons. The molecule has 0 fully saturated rings. The predicted octanol–water partition coefficient (Wildman–Crippen LogP) is 4.41. The second-order valence-corrected chi connectivity index (χ2v) is 9.18. The van der Waals surface area contributed by atoms with E-state index in [1.807, 2.05) is 6.92 Å². The number of nitrogens with one attached hydrogen (secondary N) is 1. The van der Waals surface area contributed by atoms with Crippen molar-refractivity contribution in [2.75, 3.05) is 12.4 Å². The van der Waals surface area contributed by atoms with E-state index in [-0.39, 0.29) is 22.1 Å². The molecule has 0 amide bonds. The zero-order valence-electron chi connectivity index (χ0n) is 18.6. The van der Waals surface area contributed by atoms with Crippen molar-refractivity contribution in [1.29, 1.82) is 0 Å². The molecule has 0 unspecified atom stereocenters. The van der Waals surface area contributed by atoms with Crippen molar-refractivity contribution >= 4 is 33.2 Å². The lowest BCUT2D eigenvalue weighted by Crippen LogP contribution is -2.22. The summed E-state index contributed by atoms with van der Waals surface area (Å²) >= 11 is 0. The monoisotopic (exact) mass is 474 g/mol. The van der Waals surface area contributed by atoms with Gasteiger partial charge >= 0.3 is 5.97 Å². The molecule has 8 heteroatoms. The van der Waals surface area contributed by atoms with Crippen LogP contribution in [0.5, 0.6) is 0 Å². The van der Waals surface area contributed by atoms with E-state index in [1.54, 1.807) is 60.7 Å². The molecule has 0 radical (unpaired) electrons. The lowest BCUT2D eigenvalue weighted by atomic mass is 9.92. The van der Waals surface area contributed by atoms with Crippen LogP contribution in [0.4, 0.5) is 5.69 Å². The van der Waals surface area contributed by atoms with Crippen molar-refractivity contribution in [3.05, 3.63) is 107 Å². The van der Waals surface area contributed by atoms with Crippen LogP contribution in [0.1, 0.15) is 38.8 Å². The third-order valence-corrected chi connectivity index (χ3v) is 6.71. The van der Waals surface area contributed by atoms with Gasteiger partial charge in [-0.2, -0.15) is 12.8 Å². The third-order valence-electron chi connectivity index (χ3n) is 5.41. The minimum Gasteiger partial charge on any atom is -0.465 e. The average molecular weight is 475 g/mol. The fraction of sp³-hybridized carbons (Fsp3) is 0.115. The van der Waals surface area contributed by atoms with E-state index >= 15 is 0 Å². The molecule has 3 aromatic carbocycles. The summed E-state index contributed by atoms with van der Waals surface area (Å²) in [5.74, 6) is -0.767. The summed E-state index contributed by atoms with van der Waals surface area (Å²) in [4.78, 5) is 24.8. The van der Waals surface area contributed by atoms with Gasteiger partial charge in [-0.05, 0) is 54.5 Å². The van der Waals surface area contributed by atoms with E-state index in [4.69, 9.17) is 4.74 Å². The summed E-state index contributed by atoms with van der Waals surface area (Å²) in [5, 5.41) is 3.01. The molecule has 7 nitrogen and oxygen atoms in total. The number of benzene rings is 3. The Morgan fingerprint density at radius 1 is 0.941 bits per heavy atom. The molecule has 0 bridgehead atoms. The molecular formula is C26H22N2O5S. The molecule has 0 saturated heterocycles. The number of fused-ring (bicyclic) bond motifs is 1. The fourth-order valence-electron chi connectivity index (χ4n) is 3.54. The van der Waals surface area contributed by atoms with E-state index in [2.05, 4.69) is 9.71 Å². The first-order valence-electron chi connectivity index (χ1n) is 10.6. The predicted molar refractivity (Wildman–Crippen MR) is 130 cm³/mol. The number of allylic oxidation sites excluding steroid dienone is 2. The van der Waals surface area contributed by atoms with E-state index in [0.717, 1.165) is 12.0 Å². The van der Waals surface area contributed by atoms with Crippen molar-refractivity contribution < 1.29 is 22.7 Å². The second kappa shape index (κ2) is 9.44. The van der Waals surface area contributed by atoms with Crippen LogP contribution in [0.15, 0.2) is 93.9 Å². The van der Waals surface area contributed by atoms with Crippen molar-refractivity contribution in [3.63, 3.8) is 0 Å². The summed E-state index contributed by atoms with van der Waals surface area (Å²) < 4.78 is 34.8. The number of Topliss-reactive ketones (excluding diaryl/α,β-unsaturated/α-hetero) is 1. The Labute approximate surface area is 197 Å². The number of hydrogen-bond acceptors (Lipinski definition) is 6. The van der Waals surface area contributed by atoms with E-state index < -0.39 is 16.0 Å². The van der Waals surface area contributed by atoms with Gasteiger partial charge in [0.2, 0.25) is 5.78 Å².